The molecule has 44 heavy (non-hydrogen) atoms. The van der Waals surface area contributed by atoms with E-state index in [1.54, 1.807) is 11.1 Å². The number of unbranched alkanes of at least 4 members (excludes halogenated alkanes) is 6. The number of carbonyl (C=O) groups is 2. The second-order valence-corrected chi connectivity index (χ2v) is 12.8. The van der Waals surface area contributed by atoms with Crippen LogP contribution < -0.4 is 0 Å². The van der Waals surface area contributed by atoms with Crippen LogP contribution in [0.15, 0.2) is 12.1 Å². The van der Waals surface area contributed by atoms with Crippen molar-refractivity contribution < 1.29 is 19.8 Å². The molecule has 0 aliphatic heterocycles. The van der Waals surface area contributed by atoms with E-state index in [1.807, 2.05) is 0 Å². The first-order chi connectivity index (χ1) is 21.3. The van der Waals surface area contributed by atoms with Crippen LogP contribution in [0.1, 0.15) is 173 Å². The Kier molecular flexibility index (Phi) is 14.2. The van der Waals surface area contributed by atoms with Gasteiger partial charge in [-0.1, -0.05) is 80.1 Å². The Bertz CT molecular complexity index is 1320. The summed E-state index contributed by atoms with van der Waals surface area (Å²) in [5, 5.41) is 25.5. The Morgan fingerprint density at radius 1 is 0.409 bits per heavy atom. The summed E-state index contributed by atoms with van der Waals surface area (Å²) in [7, 11) is 0. The molecule has 0 amide bonds. The zero-order chi connectivity index (χ0) is 32.2. The second kappa shape index (κ2) is 17.6. The predicted molar refractivity (Wildman–Crippen MR) is 187 cm³/mol. The van der Waals surface area contributed by atoms with Crippen LogP contribution >= 0.6 is 0 Å². The molecule has 3 aromatic rings. The molecule has 0 radical (unpaired) electrons. The van der Waals surface area contributed by atoms with Crippen molar-refractivity contribution in [3.05, 3.63) is 56.6 Å². The monoisotopic (exact) mass is 602 g/mol. The molecular formula is C40H58O4. The average molecular weight is 603 g/mol. The van der Waals surface area contributed by atoms with Crippen LogP contribution in [0.4, 0.5) is 0 Å². The number of rotatable bonds is 20. The Morgan fingerprint density at radius 3 is 0.886 bits per heavy atom. The summed E-state index contributed by atoms with van der Waals surface area (Å²) in [4.78, 5) is 25.8. The lowest BCUT2D eigenvalue weighted by molar-refractivity contribution is 0.0649. The van der Waals surface area contributed by atoms with E-state index in [2.05, 4.69) is 53.7 Å². The van der Waals surface area contributed by atoms with E-state index in [4.69, 9.17) is 0 Å². The maximum absolute atomic E-state index is 12.9. The Balaban J connectivity index is 2.69. The van der Waals surface area contributed by atoms with Gasteiger partial charge in [0.05, 0.1) is 11.1 Å². The molecule has 0 saturated carbocycles. The van der Waals surface area contributed by atoms with Crippen LogP contribution in [-0.4, -0.2) is 22.2 Å². The van der Waals surface area contributed by atoms with Crippen LogP contribution in [-0.2, 0) is 38.5 Å². The van der Waals surface area contributed by atoms with E-state index in [-0.39, 0.29) is 11.1 Å². The zero-order valence-electron chi connectivity index (χ0n) is 28.6. The highest BCUT2D eigenvalue weighted by Crippen LogP contribution is 2.41. The topological polar surface area (TPSA) is 74.6 Å². The third-order valence-electron chi connectivity index (χ3n) is 9.51. The summed E-state index contributed by atoms with van der Waals surface area (Å²) < 4.78 is 0. The van der Waals surface area contributed by atoms with E-state index < -0.39 is 11.9 Å². The average Bonchev–Trinajstić information content (AvgIpc) is 3.01. The molecule has 0 heterocycles. The highest BCUT2D eigenvalue weighted by molar-refractivity contribution is 6.13. The molecule has 4 heteroatoms. The summed E-state index contributed by atoms with van der Waals surface area (Å²) in [6.45, 7) is 13.3. The second-order valence-electron chi connectivity index (χ2n) is 12.8. The molecule has 0 fully saturated rings. The van der Waals surface area contributed by atoms with Gasteiger partial charge in [-0.2, -0.15) is 0 Å². The summed E-state index contributed by atoms with van der Waals surface area (Å²) >= 11 is 0. The Hall–Kier alpha value is -2.88. The first-order valence-corrected chi connectivity index (χ1v) is 17.9. The summed E-state index contributed by atoms with van der Waals surface area (Å²) in [6, 6.07) is 4.62. The van der Waals surface area contributed by atoms with Gasteiger partial charge in [0.2, 0.25) is 0 Å². The van der Waals surface area contributed by atoms with Gasteiger partial charge in [0.25, 0.3) is 0 Å². The molecule has 0 spiro atoms. The minimum Gasteiger partial charge on any atom is -0.478 e. The number of fused-ring (bicyclic) bond motifs is 2. The number of hydrogen-bond donors (Lipinski definition) is 2. The van der Waals surface area contributed by atoms with Crippen molar-refractivity contribution in [1.29, 1.82) is 0 Å². The van der Waals surface area contributed by atoms with E-state index >= 15 is 0 Å². The van der Waals surface area contributed by atoms with Crippen LogP contribution in [0.2, 0.25) is 0 Å². The zero-order valence-corrected chi connectivity index (χ0v) is 28.6. The van der Waals surface area contributed by atoms with Crippen molar-refractivity contribution in [2.45, 2.75) is 157 Å². The van der Waals surface area contributed by atoms with E-state index in [0.717, 1.165) is 101 Å². The lowest BCUT2D eigenvalue weighted by Crippen LogP contribution is -2.16. The molecule has 2 N–H and O–H groups in total. The normalized spacial score (nSPS) is 11.6. The highest BCUT2D eigenvalue weighted by atomic mass is 16.4. The van der Waals surface area contributed by atoms with Gasteiger partial charge in [-0.05, 0) is 144 Å². The van der Waals surface area contributed by atoms with Gasteiger partial charge in [0.1, 0.15) is 0 Å². The molecule has 3 aromatic carbocycles. The molecule has 3 rings (SSSR count). The minimum atomic E-state index is -1.12. The summed E-state index contributed by atoms with van der Waals surface area (Å²) in [5.41, 5.74) is 7.44. The van der Waals surface area contributed by atoms with E-state index in [9.17, 15) is 19.8 Å². The molecular weight excluding hydrogens is 544 g/mol. The third-order valence-corrected chi connectivity index (χ3v) is 9.51. The van der Waals surface area contributed by atoms with Crippen molar-refractivity contribution in [2.75, 3.05) is 0 Å². The summed E-state index contributed by atoms with van der Waals surface area (Å²) in [5.74, 6) is -2.25. The number of hydrogen-bond acceptors (Lipinski definition) is 2. The third kappa shape index (κ3) is 7.85. The number of carboxylic acids is 2. The summed E-state index contributed by atoms with van der Waals surface area (Å²) in [6.07, 6.45) is 18.0. The molecule has 0 aliphatic rings. The standard InChI is InChI=1S/C40H58O4/c1-7-13-19-27-28(20-14-8-2)30(22-16-10-4)34-26-36-32(24-18-12-6)38(40(43)44)37(39(41)42)31(23-17-11-5)35(36)25-33(34)29(27)21-15-9-3/h25-26H,7-24H2,1-6H3,(H,41,42)(H,43,44). The smallest absolute Gasteiger partial charge is 0.336 e. The molecule has 0 aliphatic carbocycles. The fourth-order valence-corrected chi connectivity index (χ4v) is 7.15. The molecule has 0 atom stereocenters. The number of benzene rings is 3. The maximum Gasteiger partial charge on any atom is 0.336 e. The van der Waals surface area contributed by atoms with Crippen LogP contribution in [0.5, 0.6) is 0 Å². The first kappa shape index (κ1) is 35.6. The van der Waals surface area contributed by atoms with Gasteiger partial charge < -0.3 is 10.2 Å². The molecule has 4 nitrogen and oxygen atoms in total. The lowest BCUT2D eigenvalue weighted by atomic mass is 9.78. The van der Waals surface area contributed by atoms with Crippen molar-refractivity contribution in [1.82, 2.24) is 0 Å². The minimum absolute atomic E-state index is 0.0102. The van der Waals surface area contributed by atoms with Crippen LogP contribution in [0.3, 0.4) is 0 Å². The predicted octanol–water partition coefficient (Wildman–Crippen LogP) is 11.4. The van der Waals surface area contributed by atoms with E-state index in [0.29, 0.717) is 24.0 Å². The van der Waals surface area contributed by atoms with E-state index in [1.165, 1.54) is 34.7 Å². The molecule has 0 unspecified atom stereocenters. The van der Waals surface area contributed by atoms with Crippen LogP contribution in [0, 0.1) is 0 Å². The van der Waals surface area contributed by atoms with Gasteiger partial charge in [0, 0.05) is 0 Å². The van der Waals surface area contributed by atoms with Gasteiger partial charge >= 0.3 is 11.9 Å². The molecule has 242 valence electrons. The lowest BCUT2D eigenvalue weighted by Gasteiger charge is -2.25. The molecule has 0 saturated heterocycles. The van der Waals surface area contributed by atoms with Gasteiger partial charge in [0.15, 0.2) is 0 Å². The Labute approximate surface area is 266 Å². The first-order valence-electron chi connectivity index (χ1n) is 17.9. The van der Waals surface area contributed by atoms with Crippen molar-refractivity contribution in [2.24, 2.45) is 0 Å². The fraction of sp³-hybridized carbons (Fsp3) is 0.600. The van der Waals surface area contributed by atoms with Crippen LogP contribution in [0.25, 0.3) is 21.5 Å². The molecule has 0 bridgehead atoms. The van der Waals surface area contributed by atoms with Crippen molar-refractivity contribution in [3.8, 4) is 0 Å². The fourth-order valence-electron chi connectivity index (χ4n) is 7.15. The SMILES string of the molecule is CCCCc1c(CCCC)c(CCCC)c2cc3c(CCCC)c(C(=O)O)c(C(=O)O)c(CCCC)c3cc2c1CCCC. The van der Waals surface area contributed by atoms with Crippen molar-refractivity contribution in [3.63, 3.8) is 0 Å². The highest BCUT2D eigenvalue weighted by Gasteiger charge is 2.29. The molecule has 0 aromatic heterocycles. The largest absolute Gasteiger partial charge is 0.478 e. The maximum atomic E-state index is 12.9. The van der Waals surface area contributed by atoms with Gasteiger partial charge in [-0.15, -0.1) is 0 Å². The quantitative estimate of drug-likeness (QED) is 0.126. The number of carboxylic acid groups (broad SMARTS) is 2. The van der Waals surface area contributed by atoms with Crippen molar-refractivity contribution >= 4 is 33.5 Å². The number of aromatic carboxylic acids is 2. The van der Waals surface area contributed by atoms with Gasteiger partial charge in [-0.3, -0.25) is 0 Å². The van der Waals surface area contributed by atoms with Gasteiger partial charge in [-0.25, -0.2) is 9.59 Å². The number of aryl methyl sites for hydroxylation is 4. The Morgan fingerprint density at radius 2 is 0.636 bits per heavy atom.